The Balaban J connectivity index is -0.0000000305. The second kappa shape index (κ2) is 50.8. The van der Waals surface area contributed by atoms with E-state index in [1.54, 1.807) is 0 Å². The maximum atomic E-state index is 9.00. The van der Waals surface area contributed by atoms with Crippen LogP contribution < -0.4 is 61.7 Å². The van der Waals surface area contributed by atoms with Gasteiger partial charge in [0.2, 0.25) is 0 Å². The molecular formula is C14H30CaN3NaO10. The second-order valence-corrected chi connectivity index (χ2v) is 3.84. The van der Waals surface area contributed by atoms with Gasteiger partial charge in [-0.3, -0.25) is 9.59 Å². The fourth-order valence-electron chi connectivity index (χ4n) is 0.329. The second-order valence-electron chi connectivity index (χ2n) is 3.84. The number of rotatable bonds is 4. The first-order valence-corrected chi connectivity index (χ1v) is 7.10. The van der Waals surface area contributed by atoms with Crippen molar-refractivity contribution in [1.82, 2.24) is 5.32 Å². The molecule has 7 N–H and O–H groups in total. The Kier molecular flexibility index (Phi) is 89.8. The molecule has 0 fully saturated rings. The van der Waals surface area contributed by atoms with Crippen LogP contribution in [0.15, 0.2) is 0 Å². The molecule has 0 unspecified atom stereocenters. The molecule has 0 aromatic carbocycles. The number of carboxylic acids is 5. The van der Waals surface area contributed by atoms with Crippen molar-refractivity contribution < 1.29 is 79.1 Å². The molecule has 0 saturated heterocycles. The van der Waals surface area contributed by atoms with Crippen LogP contribution in [0.5, 0.6) is 0 Å². The molecule has 0 radical (unpaired) electrons. The largest absolute Gasteiger partial charge is 2.00 e. The number of carboxylic acid groups (broad SMARTS) is 5. The van der Waals surface area contributed by atoms with Crippen molar-refractivity contribution in [2.75, 3.05) is 26.2 Å². The van der Waals surface area contributed by atoms with E-state index in [2.05, 4.69) is 5.32 Å². The first kappa shape index (κ1) is 51.3. The number of hydrogen-bond donors (Lipinski definition) is 5. The van der Waals surface area contributed by atoms with E-state index in [1.807, 2.05) is 0 Å². The Morgan fingerprint density at radius 2 is 0.793 bits per heavy atom. The summed E-state index contributed by atoms with van der Waals surface area (Å²) in [6, 6.07) is 0. The van der Waals surface area contributed by atoms with Gasteiger partial charge in [0.25, 0.3) is 11.9 Å². The Bertz CT molecular complexity index is 295. The smallest absolute Gasteiger partial charge is 0.550 e. The molecular weight excluding hydrogens is 433 g/mol. The molecule has 0 aromatic heterocycles. The van der Waals surface area contributed by atoms with Crippen molar-refractivity contribution in [3.63, 3.8) is 0 Å². The first-order chi connectivity index (χ1) is 12.1. The van der Waals surface area contributed by atoms with Crippen LogP contribution in [0, 0.1) is 0 Å². The van der Waals surface area contributed by atoms with E-state index in [4.69, 9.17) is 61.0 Å². The first-order valence-electron chi connectivity index (χ1n) is 7.10. The maximum absolute atomic E-state index is 9.00. The summed E-state index contributed by atoms with van der Waals surface area (Å²) >= 11 is 0. The van der Waals surface area contributed by atoms with Gasteiger partial charge in [0.05, 0.1) is 0 Å². The van der Waals surface area contributed by atoms with Gasteiger partial charge in [-0.15, -0.1) is 0 Å². The third-order valence-corrected chi connectivity index (χ3v) is 0.642. The van der Waals surface area contributed by atoms with Gasteiger partial charge in [-0.2, -0.15) is 0 Å². The average Bonchev–Trinajstić information content (AvgIpc) is 2.35. The zero-order valence-corrected chi connectivity index (χ0v) is 22.1. The van der Waals surface area contributed by atoms with Gasteiger partial charge in [-0.25, -0.2) is 0 Å². The van der Waals surface area contributed by atoms with Gasteiger partial charge >= 0.3 is 67.3 Å². The van der Waals surface area contributed by atoms with Gasteiger partial charge in [0.15, 0.2) is 0 Å². The van der Waals surface area contributed by atoms with Crippen LogP contribution in [-0.4, -0.2) is 104 Å². The number of aliphatic carboxylic acids is 5. The molecule has 0 aliphatic rings. The molecule has 0 bridgehead atoms. The van der Waals surface area contributed by atoms with E-state index in [0.717, 1.165) is 47.7 Å². The molecule has 0 aromatic rings. The van der Waals surface area contributed by atoms with Crippen LogP contribution in [-0.2, 0) is 24.0 Å². The summed E-state index contributed by atoms with van der Waals surface area (Å²) in [7, 11) is 0. The van der Waals surface area contributed by atoms with Crippen molar-refractivity contribution in [2.45, 2.75) is 34.6 Å². The molecule has 0 aliphatic heterocycles. The number of carbonyl (C=O) groups is 5. The molecule has 0 aliphatic carbocycles. The fraction of sp³-hybridized carbons (Fsp3) is 0.643. The van der Waals surface area contributed by atoms with E-state index in [9.17, 15) is 0 Å². The average molecular weight is 463 g/mol. The zero-order chi connectivity index (χ0) is 23.4. The van der Waals surface area contributed by atoms with Crippen LogP contribution >= 0.6 is 0 Å². The Morgan fingerprint density at radius 1 is 0.690 bits per heavy atom. The normalized spacial score (nSPS) is 6.59. The number of nitrogens with one attached hydrogen (secondary N) is 1. The van der Waals surface area contributed by atoms with E-state index >= 15 is 0 Å². The molecule has 0 amide bonds. The molecule has 0 saturated carbocycles. The summed E-state index contributed by atoms with van der Waals surface area (Å²) in [4.78, 5) is 44.7. The fourth-order valence-corrected chi connectivity index (χ4v) is 0.329. The predicted molar refractivity (Wildman–Crippen MR) is 95.4 cm³/mol. The van der Waals surface area contributed by atoms with Gasteiger partial charge in [-0.1, -0.05) is 0 Å². The van der Waals surface area contributed by atoms with Crippen LogP contribution in [0.3, 0.4) is 0 Å². The van der Waals surface area contributed by atoms with Crippen molar-refractivity contribution in [3.8, 4) is 0 Å². The third-order valence-electron chi connectivity index (χ3n) is 0.642. The summed E-state index contributed by atoms with van der Waals surface area (Å²) in [5, 5.41) is 44.5. The molecule has 29 heavy (non-hydrogen) atoms. The van der Waals surface area contributed by atoms with Crippen LogP contribution in [0.25, 0.3) is 0 Å². The molecule has 0 spiro atoms. The molecule has 0 atom stereocenters. The summed E-state index contributed by atoms with van der Waals surface area (Å²) in [6.45, 7) is 8.22. The predicted octanol–water partition coefficient (Wildman–Crippen LogP) is -8.43. The minimum atomic E-state index is -1.08. The van der Waals surface area contributed by atoms with Gasteiger partial charge < -0.3 is 56.7 Å². The third kappa shape index (κ3) is 1470. The van der Waals surface area contributed by atoms with E-state index in [1.165, 1.54) is 0 Å². The summed E-state index contributed by atoms with van der Waals surface area (Å²) < 4.78 is 0. The van der Waals surface area contributed by atoms with Gasteiger partial charge in [-0.05, 0) is 20.8 Å². The van der Waals surface area contributed by atoms with Crippen LogP contribution in [0.1, 0.15) is 34.6 Å². The number of carbonyl (C=O) groups excluding carboxylic acids is 3. The molecule has 13 nitrogen and oxygen atoms in total. The minimum absolute atomic E-state index is 0. The number of nitrogens with two attached hydrogens (primary N) is 2. The van der Waals surface area contributed by atoms with Crippen molar-refractivity contribution >= 4 is 67.6 Å². The standard InChI is InChI=1S/C4H13N3.5C2H4O2.Ca.Na/c5-1-3-7-4-2-6;5*1-2(3)4;;/h7H,1-6H2;5*1H3,(H,3,4);;/q;;;;;;+2;+1/p-3. The van der Waals surface area contributed by atoms with Crippen molar-refractivity contribution in [2.24, 2.45) is 11.5 Å². The van der Waals surface area contributed by atoms with Crippen LogP contribution in [0.2, 0.25) is 0 Å². The Morgan fingerprint density at radius 3 is 0.862 bits per heavy atom. The maximum Gasteiger partial charge on any atom is 2.00 e. The van der Waals surface area contributed by atoms with E-state index in [-0.39, 0.29) is 67.3 Å². The minimum Gasteiger partial charge on any atom is -0.550 e. The van der Waals surface area contributed by atoms with Crippen molar-refractivity contribution in [3.05, 3.63) is 0 Å². The zero-order valence-electron chi connectivity index (χ0n) is 17.9. The summed E-state index contributed by atoms with van der Waals surface area (Å²) in [5.41, 5.74) is 10.3. The van der Waals surface area contributed by atoms with Gasteiger partial charge in [0.1, 0.15) is 0 Å². The quantitative estimate of drug-likeness (QED) is 0.192. The monoisotopic (exact) mass is 463 g/mol. The topological polar surface area (TPSA) is 259 Å². The SMILES string of the molecule is CC(=O)O.CC(=O)O.CC(=O)[O-].CC(=O)[O-].CC(=O)[O-].NCCNCCN.[Ca+2].[Na+]. The van der Waals surface area contributed by atoms with Gasteiger partial charge in [0, 0.05) is 57.9 Å². The van der Waals surface area contributed by atoms with E-state index in [0.29, 0.717) is 13.1 Å². The molecule has 0 rings (SSSR count). The number of hydrogen-bond acceptors (Lipinski definition) is 11. The Labute approximate surface area is 222 Å². The van der Waals surface area contributed by atoms with Crippen molar-refractivity contribution in [1.29, 1.82) is 0 Å². The summed E-state index contributed by atoms with van der Waals surface area (Å²) in [6.07, 6.45) is 0. The summed E-state index contributed by atoms with van der Waals surface area (Å²) in [5.74, 6) is -4.92. The molecule has 15 heteroatoms. The molecule has 164 valence electrons. The van der Waals surface area contributed by atoms with Crippen LogP contribution in [0.4, 0.5) is 0 Å². The Hall–Kier alpha value is -0.510. The molecule has 0 heterocycles. The van der Waals surface area contributed by atoms with E-state index < -0.39 is 29.8 Å².